The van der Waals surface area contributed by atoms with Gasteiger partial charge in [-0.3, -0.25) is 14.3 Å². The molecule has 2 amide bonds. The number of nitrogens with zero attached hydrogens (tertiary/aromatic N) is 4. The van der Waals surface area contributed by atoms with Crippen molar-refractivity contribution >= 4 is 11.8 Å². The Hall–Kier alpha value is -2.67. The molecule has 0 radical (unpaired) electrons. The number of likely N-dealkylation sites (N-methyl/N-ethyl adjacent to an activating group) is 1. The van der Waals surface area contributed by atoms with E-state index < -0.39 is 0 Å². The fourth-order valence-corrected chi connectivity index (χ4v) is 3.21. The number of carbonyl (C=O) groups is 2. The average molecular weight is 369 g/mol. The first-order valence-electron chi connectivity index (χ1n) is 9.29. The Morgan fingerprint density at radius 2 is 2.07 bits per heavy atom. The topological polar surface area (TPSA) is 70.5 Å². The summed E-state index contributed by atoms with van der Waals surface area (Å²) in [5.74, 6) is -0.315. The number of nitrogens with one attached hydrogen (secondary N) is 1. The molecule has 3 rings (SSSR count). The maximum Gasteiger partial charge on any atom is 0.272 e. The molecule has 27 heavy (non-hydrogen) atoms. The summed E-state index contributed by atoms with van der Waals surface area (Å²) >= 11 is 0. The van der Waals surface area contributed by atoms with E-state index in [4.69, 9.17) is 0 Å². The first-order valence-corrected chi connectivity index (χ1v) is 9.29. The number of rotatable bonds is 6. The minimum atomic E-state index is -0.240. The van der Waals surface area contributed by atoms with E-state index in [0.717, 1.165) is 18.5 Å². The van der Waals surface area contributed by atoms with Gasteiger partial charge in [0.05, 0.1) is 0 Å². The molecule has 0 saturated heterocycles. The first kappa shape index (κ1) is 19.1. The van der Waals surface area contributed by atoms with Gasteiger partial charge in [0.15, 0.2) is 5.69 Å². The number of aryl methyl sites for hydroxylation is 2. The van der Waals surface area contributed by atoms with Crippen molar-refractivity contribution in [3.8, 4) is 0 Å². The van der Waals surface area contributed by atoms with Crippen molar-refractivity contribution in [2.24, 2.45) is 0 Å². The van der Waals surface area contributed by atoms with Crippen molar-refractivity contribution in [1.29, 1.82) is 0 Å². The average Bonchev–Trinajstić information content (AvgIpc) is 2.98. The molecule has 1 aliphatic rings. The van der Waals surface area contributed by atoms with Crippen molar-refractivity contribution in [1.82, 2.24) is 24.9 Å². The lowest BCUT2D eigenvalue weighted by Gasteiger charge is -2.20. The SMILES string of the molecule is Cc1cccc(CN2CCCn3nc(C(=O)NCCN(C)C)cc3C2=O)c1. The van der Waals surface area contributed by atoms with Crippen LogP contribution in [0.1, 0.15) is 38.5 Å². The van der Waals surface area contributed by atoms with Gasteiger partial charge in [-0.25, -0.2) is 0 Å². The lowest BCUT2D eigenvalue weighted by molar-refractivity contribution is 0.0745. The zero-order valence-corrected chi connectivity index (χ0v) is 16.2. The second-order valence-corrected chi connectivity index (χ2v) is 7.27. The van der Waals surface area contributed by atoms with Crippen LogP contribution in [0.4, 0.5) is 0 Å². The highest BCUT2D eigenvalue weighted by molar-refractivity contribution is 5.98. The van der Waals surface area contributed by atoms with E-state index in [1.54, 1.807) is 10.7 Å². The molecule has 0 fully saturated rings. The fraction of sp³-hybridized carbons (Fsp3) is 0.450. The molecule has 0 atom stereocenters. The Balaban J connectivity index is 1.72. The molecule has 0 aliphatic carbocycles. The molecular formula is C20H27N5O2. The summed E-state index contributed by atoms with van der Waals surface area (Å²) in [7, 11) is 3.90. The van der Waals surface area contributed by atoms with E-state index >= 15 is 0 Å². The van der Waals surface area contributed by atoms with Gasteiger partial charge < -0.3 is 15.1 Å². The van der Waals surface area contributed by atoms with E-state index in [1.807, 2.05) is 49.0 Å². The van der Waals surface area contributed by atoms with Crippen LogP contribution < -0.4 is 5.32 Å². The highest BCUT2D eigenvalue weighted by Crippen LogP contribution is 2.17. The highest BCUT2D eigenvalue weighted by atomic mass is 16.2. The lowest BCUT2D eigenvalue weighted by Crippen LogP contribution is -2.32. The fourth-order valence-electron chi connectivity index (χ4n) is 3.21. The van der Waals surface area contributed by atoms with Gasteiger partial charge in [0, 0.05) is 38.8 Å². The summed E-state index contributed by atoms with van der Waals surface area (Å²) in [6.07, 6.45) is 0.813. The second-order valence-electron chi connectivity index (χ2n) is 7.27. The molecule has 1 aromatic carbocycles. The van der Waals surface area contributed by atoms with E-state index in [2.05, 4.69) is 16.5 Å². The Labute approximate surface area is 159 Å². The quantitative estimate of drug-likeness (QED) is 0.838. The number of aromatic nitrogens is 2. The van der Waals surface area contributed by atoms with Gasteiger partial charge in [-0.1, -0.05) is 29.8 Å². The zero-order valence-electron chi connectivity index (χ0n) is 16.2. The normalized spacial score (nSPS) is 14.2. The van der Waals surface area contributed by atoms with Crippen LogP contribution in [-0.2, 0) is 13.1 Å². The van der Waals surface area contributed by atoms with Crippen molar-refractivity contribution < 1.29 is 9.59 Å². The van der Waals surface area contributed by atoms with Gasteiger partial charge >= 0.3 is 0 Å². The van der Waals surface area contributed by atoms with Crippen LogP contribution in [0.2, 0.25) is 0 Å². The largest absolute Gasteiger partial charge is 0.349 e. The number of fused-ring (bicyclic) bond motifs is 1. The molecule has 1 aromatic heterocycles. The van der Waals surface area contributed by atoms with E-state index in [0.29, 0.717) is 37.6 Å². The van der Waals surface area contributed by atoms with Crippen LogP contribution in [0, 0.1) is 6.92 Å². The summed E-state index contributed by atoms with van der Waals surface area (Å²) in [6.45, 7) is 5.22. The van der Waals surface area contributed by atoms with Crippen molar-refractivity contribution in [2.45, 2.75) is 26.4 Å². The minimum Gasteiger partial charge on any atom is -0.349 e. The third kappa shape index (κ3) is 4.74. The van der Waals surface area contributed by atoms with Crippen LogP contribution in [-0.4, -0.2) is 65.1 Å². The second kappa shape index (κ2) is 8.35. The van der Waals surface area contributed by atoms with Gasteiger partial charge in [0.2, 0.25) is 0 Å². The van der Waals surface area contributed by atoms with Crippen LogP contribution in [0.3, 0.4) is 0 Å². The number of amides is 2. The molecule has 7 nitrogen and oxygen atoms in total. The molecule has 0 spiro atoms. The molecule has 2 heterocycles. The zero-order chi connectivity index (χ0) is 19.4. The van der Waals surface area contributed by atoms with Crippen LogP contribution in [0.25, 0.3) is 0 Å². The van der Waals surface area contributed by atoms with Gasteiger partial charge in [0.25, 0.3) is 11.8 Å². The van der Waals surface area contributed by atoms with Gasteiger partial charge in [-0.05, 0) is 33.0 Å². The third-order valence-electron chi connectivity index (χ3n) is 4.62. The predicted molar refractivity (Wildman–Crippen MR) is 104 cm³/mol. The van der Waals surface area contributed by atoms with E-state index in [9.17, 15) is 9.59 Å². The van der Waals surface area contributed by atoms with Crippen molar-refractivity contribution in [2.75, 3.05) is 33.7 Å². The van der Waals surface area contributed by atoms with Crippen LogP contribution in [0.15, 0.2) is 30.3 Å². The van der Waals surface area contributed by atoms with Crippen molar-refractivity contribution in [3.63, 3.8) is 0 Å². The molecule has 0 unspecified atom stereocenters. The molecule has 1 aliphatic heterocycles. The Bertz CT molecular complexity index is 828. The molecule has 2 aromatic rings. The summed E-state index contributed by atoms with van der Waals surface area (Å²) < 4.78 is 1.67. The molecule has 1 N–H and O–H groups in total. The monoisotopic (exact) mass is 369 g/mol. The summed E-state index contributed by atoms with van der Waals surface area (Å²) in [5, 5.41) is 7.20. The van der Waals surface area contributed by atoms with Gasteiger partial charge in [-0.15, -0.1) is 0 Å². The number of hydrogen-bond donors (Lipinski definition) is 1. The summed E-state index contributed by atoms with van der Waals surface area (Å²) in [6, 6.07) is 9.80. The minimum absolute atomic E-state index is 0.0751. The van der Waals surface area contributed by atoms with Crippen LogP contribution in [0.5, 0.6) is 0 Å². The number of carbonyl (C=O) groups excluding carboxylic acids is 2. The first-order chi connectivity index (χ1) is 12.9. The van der Waals surface area contributed by atoms with E-state index in [1.165, 1.54) is 5.56 Å². The third-order valence-corrected chi connectivity index (χ3v) is 4.62. The summed E-state index contributed by atoms with van der Waals surface area (Å²) in [5.41, 5.74) is 3.07. The maximum atomic E-state index is 13.0. The maximum absolute atomic E-state index is 13.0. The van der Waals surface area contributed by atoms with Crippen molar-refractivity contribution in [3.05, 3.63) is 52.8 Å². The molecular weight excluding hydrogens is 342 g/mol. The van der Waals surface area contributed by atoms with Gasteiger partial charge in [-0.2, -0.15) is 5.10 Å². The number of benzene rings is 1. The molecule has 0 saturated carbocycles. The lowest BCUT2D eigenvalue weighted by atomic mass is 10.1. The highest BCUT2D eigenvalue weighted by Gasteiger charge is 2.26. The van der Waals surface area contributed by atoms with Crippen LogP contribution >= 0.6 is 0 Å². The molecule has 7 heteroatoms. The summed E-state index contributed by atoms with van der Waals surface area (Å²) in [4.78, 5) is 29.1. The molecule has 0 bridgehead atoms. The van der Waals surface area contributed by atoms with Gasteiger partial charge in [0.1, 0.15) is 5.69 Å². The van der Waals surface area contributed by atoms with E-state index in [-0.39, 0.29) is 11.8 Å². The Morgan fingerprint density at radius 1 is 1.26 bits per heavy atom. The Morgan fingerprint density at radius 3 is 2.81 bits per heavy atom. The number of hydrogen-bond acceptors (Lipinski definition) is 4. The predicted octanol–water partition coefficient (Wildman–Crippen LogP) is 1.53. The smallest absolute Gasteiger partial charge is 0.272 e. The standard InChI is InChI=1S/C20H27N5O2/c1-15-6-4-7-16(12-15)14-24-9-5-10-25-18(20(24)27)13-17(22-25)19(26)21-8-11-23(2)3/h4,6-7,12-13H,5,8-11,14H2,1-3H3,(H,21,26). The molecule has 144 valence electrons. The Kier molecular flexibility index (Phi) is 5.91.